The van der Waals surface area contributed by atoms with E-state index in [9.17, 15) is 4.79 Å². The third-order valence-electron chi connectivity index (χ3n) is 2.72. The molecule has 102 valence electrons. The lowest BCUT2D eigenvalue weighted by atomic mass is 10.2. The summed E-state index contributed by atoms with van der Waals surface area (Å²) < 4.78 is 0. The lowest BCUT2D eigenvalue weighted by Crippen LogP contribution is -2.07. The van der Waals surface area contributed by atoms with Crippen LogP contribution in [0.2, 0.25) is 10.0 Å². The number of hydrogen-bond donors (Lipinski definition) is 1. The summed E-state index contributed by atoms with van der Waals surface area (Å²) >= 11 is 11.9. The first-order valence-electron chi connectivity index (χ1n) is 6.05. The molecule has 0 saturated carbocycles. The molecule has 0 aliphatic carbocycles. The average Bonchev–Trinajstić information content (AvgIpc) is 2.41. The fourth-order valence-electron chi connectivity index (χ4n) is 1.64. The van der Waals surface area contributed by atoms with Gasteiger partial charge >= 0.3 is 0 Å². The summed E-state index contributed by atoms with van der Waals surface area (Å²) in [6, 6.07) is 12.7. The molecule has 0 bridgehead atoms. The number of amides is 1. The van der Waals surface area contributed by atoms with Crippen LogP contribution in [-0.2, 0) is 4.79 Å². The number of halogens is 2. The zero-order valence-corrected chi connectivity index (χ0v) is 12.4. The Morgan fingerprint density at radius 3 is 2.65 bits per heavy atom. The smallest absolute Gasteiger partial charge is 0.248 e. The van der Waals surface area contributed by atoms with Crippen molar-refractivity contribution < 1.29 is 4.79 Å². The first kappa shape index (κ1) is 14.6. The van der Waals surface area contributed by atoms with Crippen molar-refractivity contribution in [1.82, 2.24) is 0 Å². The van der Waals surface area contributed by atoms with Crippen molar-refractivity contribution in [2.45, 2.75) is 6.92 Å². The molecule has 2 rings (SSSR count). The molecule has 0 radical (unpaired) electrons. The maximum atomic E-state index is 11.8. The van der Waals surface area contributed by atoms with Crippen molar-refractivity contribution in [1.29, 1.82) is 0 Å². The van der Waals surface area contributed by atoms with E-state index in [1.807, 2.05) is 31.2 Å². The first-order chi connectivity index (χ1) is 9.54. The lowest BCUT2D eigenvalue weighted by molar-refractivity contribution is -0.111. The van der Waals surface area contributed by atoms with Crippen molar-refractivity contribution in [3.05, 3.63) is 69.7 Å². The number of rotatable bonds is 3. The van der Waals surface area contributed by atoms with Crippen molar-refractivity contribution in [2.24, 2.45) is 0 Å². The van der Waals surface area contributed by atoms with Gasteiger partial charge < -0.3 is 5.32 Å². The predicted molar refractivity (Wildman–Crippen MR) is 85.3 cm³/mol. The van der Waals surface area contributed by atoms with Crippen LogP contribution in [0.1, 0.15) is 11.1 Å². The minimum absolute atomic E-state index is 0.218. The highest BCUT2D eigenvalue weighted by Crippen LogP contribution is 2.20. The quantitative estimate of drug-likeness (QED) is 0.798. The fraction of sp³-hybridized carbons (Fsp3) is 0.0625. The zero-order chi connectivity index (χ0) is 14.5. The number of hydrogen-bond acceptors (Lipinski definition) is 1. The Bertz CT molecular complexity index is 665. The second-order valence-electron chi connectivity index (χ2n) is 4.34. The van der Waals surface area contributed by atoms with E-state index < -0.39 is 0 Å². The number of aryl methyl sites for hydroxylation is 1. The average molecular weight is 306 g/mol. The molecule has 2 aromatic carbocycles. The largest absolute Gasteiger partial charge is 0.322 e. The van der Waals surface area contributed by atoms with Gasteiger partial charge in [-0.3, -0.25) is 4.79 Å². The van der Waals surface area contributed by atoms with Crippen LogP contribution >= 0.6 is 23.2 Å². The van der Waals surface area contributed by atoms with Crippen molar-refractivity contribution in [2.75, 3.05) is 5.32 Å². The molecular weight excluding hydrogens is 293 g/mol. The van der Waals surface area contributed by atoms with Crippen molar-refractivity contribution in [3.8, 4) is 0 Å². The molecule has 4 heteroatoms. The van der Waals surface area contributed by atoms with Crippen LogP contribution < -0.4 is 5.32 Å². The molecule has 0 aromatic heterocycles. The highest BCUT2D eigenvalue weighted by Gasteiger charge is 2.01. The van der Waals surface area contributed by atoms with Crippen LogP contribution in [0.3, 0.4) is 0 Å². The molecule has 0 unspecified atom stereocenters. The summed E-state index contributed by atoms with van der Waals surface area (Å²) in [5.74, 6) is -0.218. The molecule has 0 aliphatic rings. The highest BCUT2D eigenvalue weighted by molar-refractivity contribution is 6.31. The number of nitrogens with one attached hydrogen (secondary N) is 1. The highest BCUT2D eigenvalue weighted by atomic mass is 35.5. The van der Waals surface area contributed by atoms with Gasteiger partial charge in [-0.05, 0) is 48.4 Å². The molecule has 0 aliphatic heterocycles. The Balaban J connectivity index is 2.03. The molecule has 1 N–H and O–H groups in total. The summed E-state index contributed by atoms with van der Waals surface area (Å²) in [6.45, 7) is 1.91. The second kappa shape index (κ2) is 6.60. The van der Waals surface area contributed by atoms with Crippen LogP contribution in [0.4, 0.5) is 5.69 Å². The summed E-state index contributed by atoms with van der Waals surface area (Å²) in [5.41, 5.74) is 2.51. The maximum absolute atomic E-state index is 11.8. The summed E-state index contributed by atoms with van der Waals surface area (Å²) in [5, 5.41) is 4.02. The summed E-state index contributed by atoms with van der Waals surface area (Å²) in [4.78, 5) is 11.8. The molecule has 20 heavy (non-hydrogen) atoms. The third-order valence-corrected chi connectivity index (χ3v) is 3.36. The Morgan fingerprint density at radius 1 is 1.15 bits per heavy atom. The van der Waals surface area contributed by atoms with E-state index in [0.717, 1.165) is 11.1 Å². The molecule has 1 amide bonds. The van der Waals surface area contributed by atoms with Gasteiger partial charge in [0, 0.05) is 21.8 Å². The topological polar surface area (TPSA) is 29.1 Å². The van der Waals surface area contributed by atoms with Gasteiger partial charge in [0.25, 0.3) is 0 Å². The van der Waals surface area contributed by atoms with Crippen molar-refractivity contribution >= 4 is 40.9 Å². The second-order valence-corrected chi connectivity index (χ2v) is 5.19. The van der Waals surface area contributed by atoms with E-state index in [1.54, 1.807) is 24.3 Å². The number of anilines is 1. The van der Waals surface area contributed by atoms with Gasteiger partial charge in [0.1, 0.15) is 0 Å². The summed E-state index contributed by atoms with van der Waals surface area (Å²) in [6.07, 6.45) is 3.16. The lowest BCUT2D eigenvalue weighted by Gasteiger charge is -2.04. The molecule has 0 spiro atoms. The molecule has 2 nitrogen and oxygen atoms in total. The molecule has 2 aromatic rings. The van der Waals surface area contributed by atoms with E-state index in [-0.39, 0.29) is 5.91 Å². The van der Waals surface area contributed by atoms with Gasteiger partial charge in [-0.2, -0.15) is 0 Å². The summed E-state index contributed by atoms with van der Waals surface area (Å²) in [7, 11) is 0. The Morgan fingerprint density at radius 2 is 1.95 bits per heavy atom. The van der Waals surface area contributed by atoms with Crippen LogP contribution in [0.15, 0.2) is 48.5 Å². The minimum Gasteiger partial charge on any atom is -0.322 e. The van der Waals surface area contributed by atoms with Crippen LogP contribution in [-0.4, -0.2) is 5.91 Å². The van der Waals surface area contributed by atoms with Crippen molar-refractivity contribution in [3.63, 3.8) is 0 Å². The monoisotopic (exact) mass is 305 g/mol. The molecule has 0 atom stereocenters. The molecule has 0 fully saturated rings. The number of carbonyl (C=O) groups excluding carboxylic acids is 1. The van der Waals surface area contributed by atoms with Crippen LogP contribution in [0.25, 0.3) is 6.08 Å². The third kappa shape index (κ3) is 4.12. The first-order valence-corrected chi connectivity index (χ1v) is 6.81. The van der Waals surface area contributed by atoms with Gasteiger partial charge in [-0.25, -0.2) is 0 Å². The Hall–Kier alpha value is -1.77. The van der Waals surface area contributed by atoms with Gasteiger partial charge in [-0.15, -0.1) is 0 Å². The fourth-order valence-corrected chi connectivity index (χ4v) is 2.02. The van der Waals surface area contributed by atoms with Gasteiger partial charge in [0.2, 0.25) is 5.91 Å². The Kier molecular flexibility index (Phi) is 4.83. The molecule has 0 heterocycles. The van der Waals surface area contributed by atoms with Gasteiger partial charge in [0.15, 0.2) is 0 Å². The van der Waals surface area contributed by atoms with E-state index >= 15 is 0 Å². The van der Waals surface area contributed by atoms with E-state index in [4.69, 9.17) is 23.2 Å². The molecule has 0 saturated heterocycles. The van der Waals surface area contributed by atoms with Gasteiger partial charge in [0.05, 0.1) is 0 Å². The standard InChI is InChI=1S/C16H13Cl2NO/c1-11-5-7-14(10-15(11)18)19-16(20)8-6-12-3-2-4-13(17)9-12/h2-10H,1H3,(H,19,20)/b8-6+. The molecular formula is C16H13Cl2NO. The van der Waals surface area contributed by atoms with Crippen LogP contribution in [0.5, 0.6) is 0 Å². The predicted octanol–water partition coefficient (Wildman–Crippen LogP) is 4.95. The van der Waals surface area contributed by atoms with Crippen LogP contribution in [0, 0.1) is 6.92 Å². The van der Waals surface area contributed by atoms with Gasteiger partial charge in [-0.1, -0.05) is 41.4 Å². The Labute approximate surface area is 128 Å². The van der Waals surface area contributed by atoms with E-state index in [1.165, 1.54) is 6.08 Å². The van der Waals surface area contributed by atoms with E-state index in [0.29, 0.717) is 15.7 Å². The van der Waals surface area contributed by atoms with E-state index in [2.05, 4.69) is 5.32 Å². The maximum Gasteiger partial charge on any atom is 0.248 e. The normalized spacial score (nSPS) is 10.8. The number of carbonyl (C=O) groups is 1. The number of benzene rings is 2. The SMILES string of the molecule is Cc1ccc(NC(=O)/C=C/c2cccc(Cl)c2)cc1Cl. The zero-order valence-electron chi connectivity index (χ0n) is 10.9. The minimum atomic E-state index is -0.218.